The highest BCUT2D eigenvalue weighted by Gasteiger charge is 2.21. The van der Waals surface area contributed by atoms with Crippen LogP contribution in [0.3, 0.4) is 0 Å². The van der Waals surface area contributed by atoms with E-state index in [1.54, 1.807) is 7.05 Å². The Morgan fingerprint density at radius 1 is 1.19 bits per heavy atom. The number of aromatic amines is 1. The Labute approximate surface area is 204 Å². The molecule has 6 nitrogen and oxygen atoms in total. The van der Waals surface area contributed by atoms with Gasteiger partial charge < -0.3 is 20.5 Å². The van der Waals surface area contributed by atoms with E-state index in [-0.39, 0.29) is 29.9 Å². The standard InChI is InChI=1S/C23H26ClN5O.HI/c1-25-23(26-11-10-17-15-27-21-9-6-18(24)13-20(17)21)28-14-16-4-7-19(8-5-16)29-12-2-3-22(29)30;/h4-9,13,15,27H,2-3,10-12,14H2,1H3,(H2,25,26,28);1H. The third-order valence-electron chi connectivity index (χ3n) is 5.42. The van der Waals surface area contributed by atoms with E-state index >= 15 is 0 Å². The molecule has 31 heavy (non-hydrogen) atoms. The summed E-state index contributed by atoms with van der Waals surface area (Å²) in [7, 11) is 1.77. The Balaban J connectivity index is 0.00000272. The summed E-state index contributed by atoms with van der Waals surface area (Å²) in [5.74, 6) is 0.967. The zero-order chi connectivity index (χ0) is 20.9. The molecule has 1 aliphatic heterocycles. The van der Waals surface area contributed by atoms with Crippen molar-refractivity contribution in [2.24, 2.45) is 4.99 Å². The summed E-state index contributed by atoms with van der Waals surface area (Å²) in [5.41, 5.74) is 4.43. The fraction of sp³-hybridized carbons (Fsp3) is 0.304. The Kier molecular flexibility index (Phi) is 8.20. The summed E-state index contributed by atoms with van der Waals surface area (Å²) in [5, 5.41) is 8.60. The Bertz CT molecular complexity index is 1060. The number of nitrogens with one attached hydrogen (secondary N) is 3. The van der Waals surface area contributed by atoms with Crippen molar-refractivity contribution in [3.8, 4) is 0 Å². The monoisotopic (exact) mass is 551 g/mol. The number of aliphatic imine (C=N–C) groups is 1. The van der Waals surface area contributed by atoms with Crippen LogP contribution in [0, 0.1) is 0 Å². The third kappa shape index (κ3) is 5.71. The number of carbonyl (C=O) groups is 1. The summed E-state index contributed by atoms with van der Waals surface area (Å²) >= 11 is 6.13. The van der Waals surface area contributed by atoms with Crippen LogP contribution in [0.1, 0.15) is 24.0 Å². The molecule has 1 fully saturated rings. The molecule has 3 N–H and O–H groups in total. The molecule has 8 heteroatoms. The molecule has 0 aliphatic carbocycles. The Hall–Kier alpha value is -2.26. The molecular formula is C23H27ClIN5O. The highest BCUT2D eigenvalue weighted by molar-refractivity contribution is 14.0. The van der Waals surface area contributed by atoms with E-state index in [0.29, 0.717) is 13.0 Å². The summed E-state index contributed by atoms with van der Waals surface area (Å²) in [6.45, 7) is 2.24. The van der Waals surface area contributed by atoms with Crippen LogP contribution in [0.25, 0.3) is 10.9 Å². The summed E-state index contributed by atoms with van der Waals surface area (Å²) in [6.07, 6.45) is 4.48. The van der Waals surface area contributed by atoms with E-state index in [1.165, 1.54) is 5.56 Å². The van der Waals surface area contributed by atoms with Crippen molar-refractivity contribution in [1.82, 2.24) is 15.6 Å². The van der Waals surface area contributed by atoms with Gasteiger partial charge >= 0.3 is 0 Å². The van der Waals surface area contributed by atoms with Gasteiger partial charge in [0.15, 0.2) is 5.96 Å². The molecular weight excluding hydrogens is 525 g/mol. The molecule has 0 atom stereocenters. The van der Waals surface area contributed by atoms with E-state index in [2.05, 4.69) is 32.7 Å². The molecule has 164 valence electrons. The molecule has 0 unspecified atom stereocenters. The van der Waals surface area contributed by atoms with Gasteiger partial charge in [-0.3, -0.25) is 9.79 Å². The van der Waals surface area contributed by atoms with Crippen LogP contribution in [-0.2, 0) is 17.8 Å². The van der Waals surface area contributed by atoms with E-state index in [9.17, 15) is 4.79 Å². The quantitative estimate of drug-likeness (QED) is 0.240. The maximum Gasteiger partial charge on any atom is 0.227 e. The van der Waals surface area contributed by atoms with Crippen LogP contribution < -0.4 is 15.5 Å². The van der Waals surface area contributed by atoms with Crippen LogP contribution in [-0.4, -0.2) is 37.0 Å². The largest absolute Gasteiger partial charge is 0.361 e. The molecule has 0 saturated carbocycles. The van der Waals surface area contributed by atoms with Crippen LogP contribution in [0.2, 0.25) is 5.02 Å². The number of benzene rings is 2. The molecule has 3 aromatic rings. The van der Waals surface area contributed by atoms with Crippen LogP contribution in [0.4, 0.5) is 5.69 Å². The normalized spacial score (nSPS) is 14.1. The van der Waals surface area contributed by atoms with Crippen LogP contribution in [0.5, 0.6) is 0 Å². The number of nitrogens with zero attached hydrogens (tertiary/aromatic N) is 2. The number of hydrogen-bond acceptors (Lipinski definition) is 2. The van der Waals surface area contributed by atoms with Gasteiger partial charge in [0.25, 0.3) is 0 Å². The molecule has 2 heterocycles. The molecule has 1 amide bonds. The molecule has 1 aliphatic rings. The minimum absolute atomic E-state index is 0. The van der Waals surface area contributed by atoms with Gasteiger partial charge in [-0.25, -0.2) is 0 Å². The first-order valence-corrected chi connectivity index (χ1v) is 10.6. The lowest BCUT2D eigenvalue weighted by molar-refractivity contribution is -0.117. The number of aromatic nitrogens is 1. The van der Waals surface area contributed by atoms with Gasteiger partial charge in [0.05, 0.1) is 0 Å². The van der Waals surface area contributed by atoms with Crippen molar-refractivity contribution in [1.29, 1.82) is 0 Å². The maximum atomic E-state index is 11.9. The van der Waals surface area contributed by atoms with Crippen LogP contribution >= 0.6 is 35.6 Å². The van der Waals surface area contributed by atoms with Gasteiger partial charge in [0, 0.05) is 60.9 Å². The lowest BCUT2D eigenvalue weighted by Crippen LogP contribution is -2.37. The number of anilines is 1. The minimum atomic E-state index is 0. The summed E-state index contributed by atoms with van der Waals surface area (Å²) in [6, 6.07) is 14.0. The van der Waals surface area contributed by atoms with Gasteiger partial charge in [0.1, 0.15) is 0 Å². The summed E-state index contributed by atoms with van der Waals surface area (Å²) in [4.78, 5) is 21.3. The number of H-pyrrole nitrogens is 1. The predicted octanol–water partition coefficient (Wildman–Crippen LogP) is 4.47. The Morgan fingerprint density at radius 3 is 2.71 bits per heavy atom. The highest BCUT2D eigenvalue weighted by Crippen LogP contribution is 2.23. The van der Waals surface area contributed by atoms with Gasteiger partial charge in [-0.05, 0) is 54.3 Å². The smallest absolute Gasteiger partial charge is 0.227 e. The fourth-order valence-corrected chi connectivity index (χ4v) is 3.97. The van der Waals surface area contributed by atoms with Gasteiger partial charge in [0.2, 0.25) is 5.91 Å². The first-order chi connectivity index (χ1) is 14.6. The number of amides is 1. The zero-order valence-corrected chi connectivity index (χ0v) is 20.5. The fourth-order valence-electron chi connectivity index (χ4n) is 3.79. The van der Waals surface area contributed by atoms with E-state index in [0.717, 1.165) is 59.1 Å². The third-order valence-corrected chi connectivity index (χ3v) is 5.66. The highest BCUT2D eigenvalue weighted by atomic mass is 127. The predicted molar refractivity (Wildman–Crippen MR) is 139 cm³/mol. The molecule has 4 rings (SSSR count). The molecule has 0 radical (unpaired) electrons. The van der Waals surface area contributed by atoms with Crippen LogP contribution in [0.15, 0.2) is 53.7 Å². The van der Waals surface area contributed by atoms with E-state index < -0.39 is 0 Å². The molecule has 1 aromatic heterocycles. The van der Waals surface area contributed by atoms with Gasteiger partial charge in [-0.2, -0.15) is 0 Å². The van der Waals surface area contributed by atoms with Crippen molar-refractivity contribution in [3.05, 3.63) is 64.8 Å². The van der Waals surface area contributed by atoms with Gasteiger partial charge in [-0.15, -0.1) is 24.0 Å². The first kappa shape index (κ1) is 23.4. The van der Waals surface area contributed by atoms with Crippen molar-refractivity contribution in [2.75, 3.05) is 25.0 Å². The zero-order valence-electron chi connectivity index (χ0n) is 17.5. The average Bonchev–Trinajstić information content (AvgIpc) is 3.37. The maximum absolute atomic E-state index is 11.9. The molecule has 2 aromatic carbocycles. The van der Waals surface area contributed by atoms with Crippen molar-refractivity contribution >= 4 is 64.0 Å². The second-order valence-electron chi connectivity index (χ2n) is 7.42. The lowest BCUT2D eigenvalue weighted by Gasteiger charge is -2.16. The van der Waals surface area contributed by atoms with E-state index in [1.807, 2.05) is 41.4 Å². The Morgan fingerprint density at radius 2 is 2.00 bits per heavy atom. The lowest BCUT2D eigenvalue weighted by atomic mass is 10.1. The number of guanidine groups is 1. The average molecular weight is 552 g/mol. The topological polar surface area (TPSA) is 72.5 Å². The number of carbonyl (C=O) groups excluding carboxylic acids is 1. The minimum Gasteiger partial charge on any atom is -0.361 e. The van der Waals surface area contributed by atoms with Gasteiger partial charge in [-0.1, -0.05) is 23.7 Å². The number of fused-ring (bicyclic) bond motifs is 1. The number of halogens is 2. The molecule has 0 spiro atoms. The van der Waals surface area contributed by atoms with Crippen molar-refractivity contribution < 1.29 is 4.79 Å². The molecule has 0 bridgehead atoms. The second-order valence-corrected chi connectivity index (χ2v) is 7.86. The second kappa shape index (κ2) is 10.9. The van der Waals surface area contributed by atoms with E-state index in [4.69, 9.17) is 11.6 Å². The van der Waals surface area contributed by atoms with Crippen molar-refractivity contribution in [2.45, 2.75) is 25.8 Å². The molecule has 1 saturated heterocycles. The van der Waals surface area contributed by atoms with Crippen molar-refractivity contribution in [3.63, 3.8) is 0 Å². The number of rotatable bonds is 6. The SMILES string of the molecule is CN=C(NCCc1c[nH]c2ccc(Cl)cc12)NCc1ccc(N2CCCC2=O)cc1.I. The number of hydrogen-bond donors (Lipinski definition) is 3. The summed E-state index contributed by atoms with van der Waals surface area (Å²) < 4.78 is 0. The first-order valence-electron chi connectivity index (χ1n) is 10.2.